The van der Waals surface area contributed by atoms with Crippen molar-refractivity contribution in [2.45, 2.75) is 38.5 Å². The van der Waals surface area contributed by atoms with E-state index in [0.29, 0.717) is 5.92 Å². The van der Waals surface area contributed by atoms with E-state index in [1.165, 1.54) is 5.56 Å². The molecular weight excluding hydrogens is 424 g/mol. The Labute approximate surface area is 202 Å². The average Bonchev–Trinajstić information content (AvgIpc) is 3.61. The summed E-state index contributed by atoms with van der Waals surface area (Å²) >= 11 is 0. The highest BCUT2D eigenvalue weighted by Gasteiger charge is 2.32. The van der Waals surface area contributed by atoms with Crippen molar-refractivity contribution in [3.63, 3.8) is 0 Å². The molecule has 2 saturated heterocycles. The van der Waals surface area contributed by atoms with Crippen LogP contribution in [0.15, 0.2) is 48.5 Å². The van der Waals surface area contributed by atoms with Gasteiger partial charge in [-0.15, -0.1) is 0 Å². The zero-order valence-electron chi connectivity index (χ0n) is 20.2. The molecule has 0 spiro atoms. The SMILES string of the molecule is CCCN1CCN(C(=O)c2ccc(NC(=O)C3CC3)cc2N2CCC(c3ccccc3)C2)CC1. The number of rotatable bonds is 7. The lowest BCUT2D eigenvalue weighted by atomic mass is 9.99. The molecule has 1 unspecified atom stereocenters. The molecule has 5 rings (SSSR count). The second kappa shape index (κ2) is 10.2. The van der Waals surface area contributed by atoms with Crippen LogP contribution in [0.2, 0.25) is 0 Å². The maximum Gasteiger partial charge on any atom is 0.256 e. The lowest BCUT2D eigenvalue weighted by molar-refractivity contribution is -0.117. The van der Waals surface area contributed by atoms with E-state index in [1.807, 2.05) is 23.1 Å². The summed E-state index contributed by atoms with van der Waals surface area (Å²) in [6.45, 7) is 8.49. The third kappa shape index (κ3) is 5.12. The molecule has 2 aromatic rings. The quantitative estimate of drug-likeness (QED) is 0.673. The van der Waals surface area contributed by atoms with Crippen molar-refractivity contribution in [2.24, 2.45) is 5.92 Å². The van der Waals surface area contributed by atoms with E-state index in [-0.39, 0.29) is 17.7 Å². The van der Waals surface area contributed by atoms with Gasteiger partial charge in [0.15, 0.2) is 0 Å². The van der Waals surface area contributed by atoms with Crippen molar-refractivity contribution >= 4 is 23.2 Å². The van der Waals surface area contributed by atoms with Crippen LogP contribution in [0.1, 0.15) is 54.4 Å². The highest BCUT2D eigenvalue weighted by Crippen LogP contribution is 2.36. The first-order valence-corrected chi connectivity index (χ1v) is 12.9. The fourth-order valence-corrected chi connectivity index (χ4v) is 5.28. The number of nitrogens with zero attached hydrogens (tertiary/aromatic N) is 3. The lowest BCUT2D eigenvalue weighted by Gasteiger charge is -2.35. The van der Waals surface area contributed by atoms with Gasteiger partial charge < -0.3 is 15.1 Å². The summed E-state index contributed by atoms with van der Waals surface area (Å²) in [5, 5.41) is 3.08. The Hall–Kier alpha value is -2.86. The second-order valence-corrected chi connectivity index (χ2v) is 9.97. The van der Waals surface area contributed by atoms with Crippen LogP contribution >= 0.6 is 0 Å². The van der Waals surface area contributed by atoms with Gasteiger partial charge in [-0.05, 0) is 56.0 Å². The molecule has 0 bridgehead atoms. The number of carbonyl (C=O) groups is 2. The van der Waals surface area contributed by atoms with Crippen molar-refractivity contribution in [3.05, 3.63) is 59.7 Å². The van der Waals surface area contributed by atoms with E-state index >= 15 is 0 Å². The predicted octanol–water partition coefficient (Wildman–Crippen LogP) is 4.20. The normalized spacial score (nSPS) is 21.0. The summed E-state index contributed by atoms with van der Waals surface area (Å²) in [7, 11) is 0. The number of hydrogen-bond acceptors (Lipinski definition) is 4. The fourth-order valence-electron chi connectivity index (χ4n) is 5.28. The van der Waals surface area contributed by atoms with Crippen LogP contribution < -0.4 is 10.2 Å². The average molecular weight is 461 g/mol. The molecule has 2 heterocycles. The molecule has 3 fully saturated rings. The van der Waals surface area contributed by atoms with Crippen LogP contribution in [0, 0.1) is 5.92 Å². The van der Waals surface area contributed by atoms with E-state index in [2.05, 4.69) is 52.4 Å². The smallest absolute Gasteiger partial charge is 0.256 e. The van der Waals surface area contributed by atoms with Crippen LogP contribution in [0.4, 0.5) is 11.4 Å². The Morgan fingerprint density at radius 3 is 2.41 bits per heavy atom. The molecule has 0 radical (unpaired) electrons. The minimum atomic E-state index is 0.0978. The van der Waals surface area contributed by atoms with E-state index in [9.17, 15) is 9.59 Å². The molecule has 2 amide bonds. The minimum Gasteiger partial charge on any atom is -0.370 e. The molecule has 2 aliphatic heterocycles. The molecule has 2 aromatic carbocycles. The van der Waals surface area contributed by atoms with Crippen molar-refractivity contribution < 1.29 is 9.59 Å². The van der Waals surface area contributed by atoms with Crippen molar-refractivity contribution in [1.82, 2.24) is 9.80 Å². The van der Waals surface area contributed by atoms with Gasteiger partial charge in [-0.1, -0.05) is 37.3 Å². The summed E-state index contributed by atoms with van der Waals surface area (Å²) in [4.78, 5) is 32.8. The molecule has 6 nitrogen and oxygen atoms in total. The van der Waals surface area contributed by atoms with Crippen molar-refractivity contribution in [2.75, 3.05) is 56.0 Å². The van der Waals surface area contributed by atoms with Gasteiger partial charge in [0.1, 0.15) is 0 Å². The van der Waals surface area contributed by atoms with E-state index in [0.717, 1.165) is 88.4 Å². The monoisotopic (exact) mass is 460 g/mol. The van der Waals surface area contributed by atoms with Crippen LogP contribution in [-0.2, 0) is 4.79 Å². The zero-order valence-corrected chi connectivity index (χ0v) is 20.2. The van der Waals surface area contributed by atoms with Crippen LogP contribution in [0.5, 0.6) is 0 Å². The first kappa shape index (κ1) is 22.9. The Balaban J connectivity index is 1.37. The molecule has 1 atom stereocenters. The number of piperazine rings is 1. The van der Waals surface area contributed by atoms with E-state index < -0.39 is 0 Å². The van der Waals surface area contributed by atoms with Gasteiger partial charge in [-0.25, -0.2) is 0 Å². The predicted molar refractivity (Wildman–Crippen MR) is 136 cm³/mol. The minimum absolute atomic E-state index is 0.0978. The fraction of sp³-hybridized carbons (Fsp3) is 0.500. The number of carbonyl (C=O) groups excluding carboxylic acids is 2. The number of nitrogens with one attached hydrogen (secondary N) is 1. The number of anilines is 2. The Kier molecular flexibility index (Phi) is 6.86. The molecule has 34 heavy (non-hydrogen) atoms. The number of hydrogen-bond donors (Lipinski definition) is 1. The highest BCUT2D eigenvalue weighted by atomic mass is 16.2. The summed E-state index contributed by atoms with van der Waals surface area (Å²) in [6, 6.07) is 16.5. The number of benzene rings is 2. The third-order valence-electron chi connectivity index (χ3n) is 7.44. The van der Waals surface area contributed by atoms with Gasteiger partial charge in [-0.2, -0.15) is 0 Å². The van der Waals surface area contributed by atoms with Crippen LogP contribution in [-0.4, -0.2) is 67.4 Å². The van der Waals surface area contributed by atoms with Crippen molar-refractivity contribution in [3.8, 4) is 0 Å². The molecule has 1 saturated carbocycles. The highest BCUT2D eigenvalue weighted by molar-refractivity contribution is 6.02. The molecule has 6 heteroatoms. The molecular formula is C28H36N4O2. The lowest BCUT2D eigenvalue weighted by Crippen LogP contribution is -2.49. The van der Waals surface area contributed by atoms with Gasteiger partial charge in [0, 0.05) is 56.8 Å². The topological polar surface area (TPSA) is 55.9 Å². The Morgan fingerprint density at radius 1 is 0.941 bits per heavy atom. The maximum atomic E-state index is 13.6. The molecule has 0 aromatic heterocycles. The molecule has 180 valence electrons. The molecule has 1 aliphatic carbocycles. The zero-order chi connectivity index (χ0) is 23.5. The first-order chi connectivity index (χ1) is 16.6. The second-order valence-electron chi connectivity index (χ2n) is 9.97. The van der Waals surface area contributed by atoms with Crippen molar-refractivity contribution in [1.29, 1.82) is 0 Å². The summed E-state index contributed by atoms with van der Waals surface area (Å²) in [5.41, 5.74) is 3.84. The summed E-state index contributed by atoms with van der Waals surface area (Å²) < 4.78 is 0. The van der Waals surface area contributed by atoms with Gasteiger partial charge in [-0.3, -0.25) is 14.5 Å². The van der Waals surface area contributed by atoms with Crippen LogP contribution in [0.3, 0.4) is 0 Å². The third-order valence-corrected chi connectivity index (χ3v) is 7.44. The summed E-state index contributed by atoms with van der Waals surface area (Å²) in [6.07, 6.45) is 4.16. The molecule has 1 N–H and O–H groups in total. The van der Waals surface area contributed by atoms with Crippen LogP contribution in [0.25, 0.3) is 0 Å². The van der Waals surface area contributed by atoms with E-state index in [4.69, 9.17) is 0 Å². The summed E-state index contributed by atoms with van der Waals surface area (Å²) in [5.74, 6) is 0.805. The standard InChI is InChI=1S/C28H36N4O2/c1-2-13-30-15-17-31(18-16-30)28(34)25-11-10-24(29-27(33)22-8-9-22)19-26(25)32-14-12-23(20-32)21-6-4-3-5-7-21/h3-7,10-11,19,22-23H,2,8-9,12-18,20H2,1H3,(H,29,33). The van der Waals surface area contributed by atoms with Gasteiger partial charge in [0.2, 0.25) is 5.91 Å². The van der Waals surface area contributed by atoms with Gasteiger partial charge in [0.25, 0.3) is 5.91 Å². The Bertz CT molecular complexity index is 1010. The molecule has 3 aliphatic rings. The Morgan fingerprint density at radius 2 is 1.71 bits per heavy atom. The maximum absolute atomic E-state index is 13.6. The first-order valence-electron chi connectivity index (χ1n) is 12.9. The van der Waals surface area contributed by atoms with Gasteiger partial charge in [0.05, 0.1) is 11.3 Å². The number of amides is 2. The van der Waals surface area contributed by atoms with Gasteiger partial charge >= 0.3 is 0 Å². The largest absolute Gasteiger partial charge is 0.370 e. The van der Waals surface area contributed by atoms with E-state index in [1.54, 1.807) is 0 Å².